The van der Waals surface area contributed by atoms with Gasteiger partial charge in [-0.25, -0.2) is 0 Å². The summed E-state index contributed by atoms with van der Waals surface area (Å²) >= 11 is 0. The lowest BCUT2D eigenvalue weighted by Gasteiger charge is -2.22. The van der Waals surface area contributed by atoms with E-state index in [1.54, 1.807) is 10.7 Å². The van der Waals surface area contributed by atoms with Gasteiger partial charge in [-0.1, -0.05) is 37.3 Å². The Morgan fingerprint density at radius 3 is 2.89 bits per heavy atom. The van der Waals surface area contributed by atoms with Gasteiger partial charge in [0.1, 0.15) is 0 Å². The summed E-state index contributed by atoms with van der Waals surface area (Å²) in [5.41, 5.74) is 2.13. The first-order chi connectivity index (χ1) is 13.4. The predicted molar refractivity (Wildman–Crippen MR) is 97.1 cm³/mol. The van der Waals surface area contributed by atoms with Crippen molar-refractivity contribution in [1.82, 2.24) is 30.4 Å². The van der Waals surface area contributed by atoms with Crippen molar-refractivity contribution in [3.63, 3.8) is 0 Å². The minimum Gasteiger partial charge on any atom is -0.260 e. The lowest BCUT2D eigenvalue weighted by molar-refractivity contribution is 0.0330. The lowest BCUT2D eigenvalue weighted by atomic mass is 9.84. The molecule has 1 aliphatic carbocycles. The van der Waals surface area contributed by atoms with E-state index in [9.17, 15) is 14.0 Å². The molecule has 0 saturated carbocycles. The van der Waals surface area contributed by atoms with Gasteiger partial charge in [-0.15, -0.1) is 10.2 Å². The van der Waals surface area contributed by atoms with Crippen molar-refractivity contribution in [1.29, 1.82) is 5.26 Å². The summed E-state index contributed by atoms with van der Waals surface area (Å²) in [6.45, 7) is 4.25. The Morgan fingerprint density at radius 2 is 2.18 bits per heavy atom. The molecule has 0 saturated heterocycles. The maximum absolute atomic E-state index is 14.7. The quantitative estimate of drug-likeness (QED) is 0.748. The molecule has 142 valence electrons. The monoisotopic (exact) mass is 381 g/mol. The molecule has 0 bridgehead atoms. The summed E-state index contributed by atoms with van der Waals surface area (Å²) < 4.78 is 31.2. The molecule has 7 nitrogen and oxygen atoms in total. The van der Waals surface area contributed by atoms with Crippen molar-refractivity contribution in [3.8, 4) is 6.07 Å². The van der Waals surface area contributed by atoms with E-state index in [0.29, 0.717) is 12.1 Å². The third-order valence-electron chi connectivity index (χ3n) is 5.16. The Labute approximate surface area is 159 Å². The highest BCUT2D eigenvalue weighted by atomic mass is 19.3. The van der Waals surface area contributed by atoms with E-state index < -0.39 is 11.7 Å². The molecule has 3 aromatic rings. The largest absolute Gasteiger partial charge is 0.335 e. The molecule has 0 aliphatic heterocycles. The van der Waals surface area contributed by atoms with Crippen LogP contribution in [-0.2, 0) is 12.5 Å². The van der Waals surface area contributed by atoms with Crippen LogP contribution < -0.4 is 0 Å². The van der Waals surface area contributed by atoms with Crippen molar-refractivity contribution in [2.24, 2.45) is 11.8 Å². The van der Waals surface area contributed by atoms with Crippen LogP contribution in [0, 0.1) is 30.1 Å². The normalized spacial score (nSPS) is 19.6. The van der Waals surface area contributed by atoms with Gasteiger partial charge in [-0.3, -0.25) is 4.68 Å². The minimum absolute atomic E-state index is 0.0264. The molecular formula is C19H17F2N7. The zero-order chi connectivity index (χ0) is 19.9. The summed E-state index contributed by atoms with van der Waals surface area (Å²) in [5, 5.41) is 26.7. The van der Waals surface area contributed by atoms with Crippen LogP contribution >= 0.6 is 0 Å². The summed E-state index contributed by atoms with van der Waals surface area (Å²) in [4.78, 5) is 0. The lowest BCUT2D eigenvalue weighted by Crippen LogP contribution is -2.18. The first-order valence-electron chi connectivity index (χ1n) is 8.78. The van der Waals surface area contributed by atoms with Crippen molar-refractivity contribution >= 4 is 10.9 Å². The van der Waals surface area contributed by atoms with Crippen LogP contribution in [0.5, 0.6) is 0 Å². The zero-order valence-electron chi connectivity index (χ0n) is 15.3. The molecule has 4 rings (SSSR count). The Morgan fingerprint density at radius 1 is 1.36 bits per heavy atom. The molecule has 2 aromatic heterocycles. The number of tetrazole rings is 1. The van der Waals surface area contributed by atoms with E-state index in [4.69, 9.17) is 0 Å². The molecule has 0 amide bonds. The fourth-order valence-corrected chi connectivity index (χ4v) is 3.45. The summed E-state index contributed by atoms with van der Waals surface area (Å²) in [6.07, 6.45) is 5.68. The van der Waals surface area contributed by atoms with Crippen LogP contribution in [0.25, 0.3) is 10.9 Å². The van der Waals surface area contributed by atoms with E-state index in [-0.39, 0.29) is 17.4 Å². The van der Waals surface area contributed by atoms with Gasteiger partial charge in [0.05, 0.1) is 29.7 Å². The fourth-order valence-electron chi connectivity index (χ4n) is 3.45. The standard InChI is InChI=1S/C19H17F2N7/c1-11-13(9-22)4-3-5-14(11)10-28-17-8-15(6-7-16(17)12(2)25-28)19(20,21)18-23-26-27-24-18/h3-8,11,13H,10H2,1-2H3,(H,23,24,26,27). The van der Waals surface area contributed by atoms with E-state index in [0.717, 1.165) is 16.7 Å². The number of H-pyrrole nitrogens is 1. The van der Waals surface area contributed by atoms with Crippen molar-refractivity contribution < 1.29 is 8.78 Å². The fraction of sp³-hybridized carbons (Fsp3) is 0.316. The summed E-state index contributed by atoms with van der Waals surface area (Å²) in [5.74, 6) is -4.24. The van der Waals surface area contributed by atoms with Crippen molar-refractivity contribution in [3.05, 3.63) is 59.1 Å². The Kier molecular flexibility index (Phi) is 4.26. The Balaban J connectivity index is 1.75. The molecule has 0 radical (unpaired) electrons. The van der Waals surface area contributed by atoms with Crippen LogP contribution in [0.2, 0.25) is 0 Å². The van der Waals surface area contributed by atoms with Gasteiger partial charge in [0.15, 0.2) is 0 Å². The number of nitrogens with one attached hydrogen (secondary N) is 1. The first-order valence-corrected chi connectivity index (χ1v) is 8.78. The number of allylic oxidation sites excluding steroid dienone is 4. The molecule has 0 fully saturated rings. The van der Waals surface area contributed by atoms with E-state index in [1.165, 1.54) is 12.1 Å². The second-order valence-electron chi connectivity index (χ2n) is 6.85. The number of alkyl halides is 2. The Bertz CT molecular complexity index is 1120. The van der Waals surface area contributed by atoms with Gasteiger partial charge in [0.25, 0.3) is 0 Å². The molecule has 9 heteroatoms. The average molecular weight is 381 g/mol. The van der Waals surface area contributed by atoms with Crippen molar-refractivity contribution in [2.75, 3.05) is 0 Å². The molecule has 28 heavy (non-hydrogen) atoms. The number of halogens is 2. The predicted octanol–water partition coefficient (Wildman–Crippen LogP) is 3.27. The number of fused-ring (bicyclic) bond motifs is 1. The van der Waals surface area contributed by atoms with Crippen LogP contribution in [0.4, 0.5) is 8.78 Å². The van der Waals surface area contributed by atoms with Gasteiger partial charge in [0.2, 0.25) is 5.82 Å². The summed E-state index contributed by atoms with van der Waals surface area (Å²) in [7, 11) is 0. The SMILES string of the molecule is Cc1nn(CC2=CC=CC(C#N)C2C)c2cc(C(F)(F)c3nn[nH]n3)ccc12. The highest BCUT2D eigenvalue weighted by Gasteiger charge is 2.39. The highest BCUT2D eigenvalue weighted by molar-refractivity contribution is 5.82. The van der Waals surface area contributed by atoms with Gasteiger partial charge < -0.3 is 0 Å². The van der Waals surface area contributed by atoms with Crippen LogP contribution in [0.15, 0.2) is 42.0 Å². The molecule has 1 aromatic carbocycles. The number of nitriles is 1. The first kappa shape index (κ1) is 18.0. The van der Waals surface area contributed by atoms with Gasteiger partial charge in [0, 0.05) is 10.9 Å². The molecule has 2 heterocycles. The van der Waals surface area contributed by atoms with Gasteiger partial charge in [-0.2, -0.15) is 24.4 Å². The molecule has 2 unspecified atom stereocenters. The molecule has 0 spiro atoms. The van der Waals surface area contributed by atoms with Crippen LogP contribution in [-0.4, -0.2) is 30.4 Å². The zero-order valence-corrected chi connectivity index (χ0v) is 15.3. The highest BCUT2D eigenvalue weighted by Crippen LogP contribution is 2.35. The second-order valence-corrected chi connectivity index (χ2v) is 6.85. The molecule has 1 N–H and O–H groups in total. The Hall–Kier alpha value is -3.41. The maximum Gasteiger partial charge on any atom is 0.335 e. The van der Waals surface area contributed by atoms with E-state index in [1.807, 2.05) is 32.1 Å². The maximum atomic E-state index is 14.7. The number of rotatable bonds is 4. The number of hydrogen-bond donors (Lipinski definition) is 1. The third-order valence-corrected chi connectivity index (χ3v) is 5.16. The third kappa shape index (κ3) is 2.87. The van der Waals surface area contributed by atoms with Gasteiger partial charge in [-0.05, 0) is 29.7 Å². The van der Waals surface area contributed by atoms with Gasteiger partial charge >= 0.3 is 5.92 Å². The number of aromatic nitrogens is 6. The summed E-state index contributed by atoms with van der Waals surface area (Å²) in [6, 6.07) is 6.68. The number of aryl methyl sites for hydroxylation is 1. The number of nitrogens with zero attached hydrogens (tertiary/aromatic N) is 6. The smallest absolute Gasteiger partial charge is 0.260 e. The van der Waals surface area contributed by atoms with Crippen molar-refractivity contribution in [2.45, 2.75) is 26.3 Å². The number of hydrogen-bond acceptors (Lipinski definition) is 5. The topological polar surface area (TPSA) is 96.1 Å². The van der Waals surface area contributed by atoms with Crippen LogP contribution in [0.3, 0.4) is 0 Å². The average Bonchev–Trinajstić information content (AvgIpc) is 3.33. The van der Waals surface area contributed by atoms with E-state index in [2.05, 4.69) is 31.8 Å². The van der Waals surface area contributed by atoms with E-state index >= 15 is 0 Å². The minimum atomic E-state index is -3.38. The number of aromatic amines is 1. The molecular weight excluding hydrogens is 364 g/mol. The molecule has 2 atom stereocenters. The number of benzene rings is 1. The van der Waals surface area contributed by atoms with Crippen LogP contribution in [0.1, 0.15) is 24.0 Å². The molecule has 1 aliphatic rings. The second kappa shape index (κ2) is 6.64.